The van der Waals surface area contributed by atoms with Crippen LogP contribution in [-0.4, -0.2) is 16.3 Å². The molecule has 1 N–H and O–H groups in total. The van der Waals surface area contributed by atoms with Crippen molar-refractivity contribution in [1.82, 2.24) is 15.1 Å². The molecule has 0 saturated heterocycles. The Hall–Kier alpha value is -1.09. The normalized spacial score (nSPS) is 11.6. The van der Waals surface area contributed by atoms with Crippen molar-refractivity contribution in [2.45, 2.75) is 46.7 Å². The van der Waals surface area contributed by atoms with E-state index in [1.54, 1.807) is 0 Å². The topological polar surface area (TPSA) is 29.9 Å². The molecule has 1 aromatic heterocycles. The van der Waals surface area contributed by atoms with E-state index in [1.165, 1.54) is 11.1 Å². The van der Waals surface area contributed by atoms with Crippen LogP contribution in [0.4, 0.5) is 0 Å². The Labute approximate surface area is 98.5 Å². The SMILES string of the molecule is CC(C)=CCNCc1cnn(C(C)(C)C)c1. The van der Waals surface area contributed by atoms with Gasteiger partial charge in [0.25, 0.3) is 0 Å². The van der Waals surface area contributed by atoms with Gasteiger partial charge in [0.15, 0.2) is 0 Å². The first-order valence-corrected chi connectivity index (χ1v) is 5.77. The first kappa shape index (κ1) is 13.0. The molecule has 0 radical (unpaired) electrons. The van der Waals surface area contributed by atoms with Crippen molar-refractivity contribution >= 4 is 0 Å². The molecule has 1 rings (SSSR count). The lowest BCUT2D eigenvalue weighted by molar-refractivity contribution is 0.355. The largest absolute Gasteiger partial charge is 0.309 e. The minimum absolute atomic E-state index is 0.0676. The maximum absolute atomic E-state index is 4.36. The Morgan fingerprint density at radius 3 is 2.62 bits per heavy atom. The van der Waals surface area contributed by atoms with Crippen LogP contribution < -0.4 is 5.32 Å². The summed E-state index contributed by atoms with van der Waals surface area (Å²) in [6.45, 7) is 12.5. The van der Waals surface area contributed by atoms with E-state index in [9.17, 15) is 0 Å². The van der Waals surface area contributed by atoms with Crippen LogP contribution in [0.3, 0.4) is 0 Å². The number of rotatable bonds is 4. The molecular formula is C13H23N3. The molecule has 0 aromatic carbocycles. The van der Waals surface area contributed by atoms with Gasteiger partial charge in [0.05, 0.1) is 11.7 Å². The zero-order chi connectivity index (χ0) is 12.2. The summed E-state index contributed by atoms with van der Waals surface area (Å²) in [5.41, 5.74) is 2.65. The highest BCUT2D eigenvalue weighted by Crippen LogP contribution is 2.12. The van der Waals surface area contributed by atoms with Crippen LogP contribution in [0.15, 0.2) is 24.0 Å². The standard InChI is InChI=1S/C13H23N3/c1-11(2)6-7-14-8-12-9-15-16(10-12)13(3,4)5/h6,9-10,14H,7-8H2,1-5H3. The van der Waals surface area contributed by atoms with Crippen molar-refractivity contribution in [2.75, 3.05) is 6.54 Å². The van der Waals surface area contributed by atoms with E-state index < -0.39 is 0 Å². The Bertz CT molecular complexity index is 351. The lowest BCUT2D eigenvalue weighted by atomic mass is 10.1. The van der Waals surface area contributed by atoms with Gasteiger partial charge in [-0.05, 0) is 34.6 Å². The molecule has 0 bridgehead atoms. The zero-order valence-corrected chi connectivity index (χ0v) is 11.0. The van der Waals surface area contributed by atoms with Crippen LogP contribution in [0.25, 0.3) is 0 Å². The molecule has 0 aliphatic rings. The Kier molecular flexibility index (Phi) is 4.30. The second-order valence-electron chi connectivity index (χ2n) is 5.38. The van der Waals surface area contributed by atoms with Gasteiger partial charge in [-0.25, -0.2) is 0 Å². The van der Waals surface area contributed by atoms with E-state index in [1.807, 2.05) is 10.9 Å². The molecule has 1 aromatic rings. The van der Waals surface area contributed by atoms with E-state index in [0.29, 0.717) is 0 Å². The van der Waals surface area contributed by atoms with Crippen molar-refractivity contribution in [3.8, 4) is 0 Å². The molecular weight excluding hydrogens is 198 g/mol. The monoisotopic (exact) mass is 221 g/mol. The average Bonchev–Trinajstić information content (AvgIpc) is 2.59. The van der Waals surface area contributed by atoms with Crippen molar-refractivity contribution in [3.63, 3.8) is 0 Å². The summed E-state index contributed by atoms with van der Waals surface area (Å²) in [4.78, 5) is 0. The second-order valence-corrected chi connectivity index (χ2v) is 5.38. The molecule has 0 aliphatic carbocycles. The maximum atomic E-state index is 4.36. The third-order valence-corrected chi connectivity index (χ3v) is 2.31. The molecule has 3 nitrogen and oxygen atoms in total. The minimum Gasteiger partial charge on any atom is -0.309 e. The molecule has 1 heterocycles. The van der Waals surface area contributed by atoms with Crippen LogP contribution in [0.2, 0.25) is 0 Å². The number of nitrogens with zero attached hydrogens (tertiary/aromatic N) is 2. The van der Waals surface area contributed by atoms with Crippen LogP contribution in [0, 0.1) is 0 Å². The third-order valence-electron chi connectivity index (χ3n) is 2.31. The Morgan fingerprint density at radius 1 is 1.44 bits per heavy atom. The number of hydrogen-bond acceptors (Lipinski definition) is 2. The molecule has 0 atom stereocenters. The van der Waals surface area contributed by atoms with Gasteiger partial charge in [-0.1, -0.05) is 11.6 Å². The average molecular weight is 221 g/mol. The molecule has 0 spiro atoms. The molecule has 16 heavy (non-hydrogen) atoms. The summed E-state index contributed by atoms with van der Waals surface area (Å²) in [5, 5.41) is 7.73. The second kappa shape index (κ2) is 5.30. The van der Waals surface area contributed by atoms with Gasteiger partial charge in [-0.3, -0.25) is 4.68 Å². The van der Waals surface area contributed by atoms with E-state index >= 15 is 0 Å². The van der Waals surface area contributed by atoms with Crippen LogP contribution in [-0.2, 0) is 12.1 Å². The number of hydrogen-bond donors (Lipinski definition) is 1. The summed E-state index contributed by atoms with van der Waals surface area (Å²) in [5.74, 6) is 0. The highest BCUT2D eigenvalue weighted by atomic mass is 15.3. The Morgan fingerprint density at radius 2 is 2.12 bits per heavy atom. The fourth-order valence-corrected chi connectivity index (χ4v) is 1.31. The summed E-state index contributed by atoms with van der Waals surface area (Å²) < 4.78 is 2.00. The summed E-state index contributed by atoms with van der Waals surface area (Å²) >= 11 is 0. The van der Waals surface area contributed by atoms with Gasteiger partial charge in [0.1, 0.15) is 0 Å². The number of aromatic nitrogens is 2. The maximum Gasteiger partial charge on any atom is 0.0543 e. The van der Waals surface area contributed by atoms with Gasteiger partial charge in [0, 0.05) is 24.8 Å². The first-order chi connectivity index (χ1) is 7.39. The van der Waals surface area contributed by atoms with Crippen molar-refractivity contribution < 1.29 is 0 Å². The quantitative estimate of drug-likeness (QED) is 0.626. The van der Waals surface area contributed by atoms with Crippen LogP contribution in [0.1, 0.15) is 40.2 Å². The molecule has 90 valence electrons. The van der Waals surface area contributed by atoms with Crippen molar-refractivity contribution in [1.29, 1.82) is 0 Å². The van der Waals surface area contributed by atoms with E-state index in [-0.39, 0.29) is 5.54 Å². The molecule has 3 heteroatoms. The summed E-state index contributed by atoms with van der Waals surface area (Å²) in [6.07, 6.45) is 6.23. The fourth-order valence-electron chi connectivity index (χ4n) is 1.31. The fraction of sp³-hybridized carbons (Fsp3) is 0.615. The van der Waals surface area contributed by atoms with Gasteiger partial charge < -0.3 is 5.32 Å². The predicted molar refractivity (Wildman–Crippen MR) is 68.4 cm³/mol. The number of nitrogens with one attached hydrogen (secondary N) is 1. The third kappa shape index (κ3) is 4.19. The van der Waals surface area contributed by atoms with Crippen LogP contribution in [0.5, 0.6) is 0 Å². The molecule has 0 unspecified atom stereocenters. The number of allylic oxidation sites excluding steroid dienone is 1. The molecule has 0 fully saturated rings. The lowest BCUT2D eigenvalue weighted by Gasteiger charge is -2.18. The van der Waals surface area contributed by atoms with Gasteiger partial charge in [-0.2, -0.15) is 5.10 Å². The lowest BCUT2D eigenvalue weighted by Crippen LogP contribution is -2.22. The van der Waals surface area contributed by atoms with Crippen molar-refractivity contribution in [3.05, 3.63) is 29.6 Å². The molecule has 0 amide bonds. The highest BCUT2D eigenvalue weighted by molar-refractivity contribution is 5.05. The Balaban J connectivity index is 2.44. The van der Waals surface area contributed by atoms with Gasteiger partial charge >= 0.3 is 0 Å². The predicted octanol–water partition coefficient (Wildman–Crippen LogP) is 2.69. The smallest absolute Gasteiger partial charge is 0.0543 e. The highest BCUT2D eigenvalue weighted by Gasteiger charge is 2.13. The zero-order valence-electron chi connectivity index (χ0n) is 11.0. The van der Waals surface area contributed by atoms with Crippen molar-refractivity contribution in [2.24, 2.45) is 0 Å². The molecule has 0 saturated carbocycles. The van der Waals surface area contributed by atoms with Gasteiger partial charge in [-0.15, -0.1) is 0 Å². The molecule has 0 aliphatic heterocycles. The van der Waals surface area contributed by atoms with Gasteiger partial charge in [0.2, 0.25) is 0 Å². The van der Waals surface area contributed by atoms with E-state index in [2.05, 4.69) is 57.3 Å². The van der Waals surface area contributed by atoms with Crippen LogP contribution >= 0.6 is 0 Å². The summed E-state index contributed by atoms with van der Waals surface area (Å²) in [7, 11) is 0. The van der Waals surface area contributed by atoms with E-state index in [0.717, 1.165) is 13.1 Å². The first-order valence-electron chi connectivity index (χ1n) is 5.77. The summed E-state index contributed by atoms with van der Waals surface area (Å²) in [6, 6.07) is 0. The minimum atomic E-state index is 0.0676. The van der Waals surface area contributed by atoms with E-state index in [4.69, 9.17) is 0 Å².